The lowest BCUT2D eigenvalue weighted by Gasteiger charge is -2.36. The summed E-state index contributed by atoms with van der Waals surface area (Å²) in [5.74, 6) is -0.0197. The van der Waals surface area contributed by atoms with Gasteiger partial charge in [-0.1, -0.05) is 64.8 Å². The van der Waals surface area contributed by atoms with E-state index in [1.54, 1.807) is 0 Å². The van der Waals surface area contributed by atoms with E-state index in [9.17, 15) is 4.79 Å². The predicted octanol–water partition coefficient (Wildman–Crippen LogP) is 4.15. The minimum atomic E-state index is -0.0197. The van der Waals surface area contributed by atoms with E-state index in [2.05, 4.69) is 53.7 Å². The zero-order valence-corrected chi connectivity index (χ0v) is 11.4. The van der Waals surface area contributed by atoms with Crippen molar-refractivity contribution in [3.63, 3.8) is 0 Å². The van der Waals surface area contributed by atoms with E-state index in [0.717, 1.165) is 12.7 Å². The molecule has 0 bridgehead atoms. The molecule has 0 aliphatic heterocycles. The Hall–Kier alpha value is -0.850. The second kappa shape index (κ2) is 4.20. The fourth-order valence-electron chi connectivity index (χ4n) is 2.43. The molecule has 0 amide bonds. The van der Waals surface area contributed by atoms with E-state index in [1.165, 1.54) is 11.1 Å². The Morgan fingerprint density at radius 1 is 1.00 bits per heavy atom. The van der Waals surface area contributed by atoms with Gasteiger partial charge in [-0.2, -0.15) is 0 Å². The van der Waals surface area contributed by atoms with Gasteiger partial charge in [0.25, 0.3) is 0 Å². The van der Waals surface area contributed by atoms with Gasteiger partial charge in [0.2, 0.25) is 0 Å². The van der Waals surface area contributed by atoms with Crippen LogP contribution in [0.3, 0.4) is 0 Å². The lowest BCUT2D eigenvalue weighted by molar-refractivity contribution is -0.109. The molecule has 0 saturated carbocycles. The Bertz CT molecular complexity index is 301. The minimum Gasteiger partial charge on any atom is -0.302 e. The highest BCUT2D eigenvalue weighted by atomic mass is 16.1. The molecule has 0 aromatic carbocycles. The van der Waals surface area contributed by atoms with Crippen molar-refractivity contribution in [3.8, 4) is 0 Å². The summed E-state index contributed by atoms with van der Waals surface area (Å²) in [5, 5.41) is 0. The highest BCUT2D eigenvalue weighted by molar-refractivity contribution is 5.66. The monoisotopic (exact) mass is 220 g/mol. The zero-order valence-electron chi connectivity index (χ0n) is 11.4. The average molecular weight is 220 g/mol. The van der Waals surface area contributed by atoms with Crippen molar-refractivity contribution < 1.29 is 4.79 Å². The maximum atomic E-state index is 11.4. The van der Waals surface area contributed by atoms with Gasteiger partial charge < -0.3 is 4.79 Å². The van der Waals surface area contributed by atoms with Gasteiger partial charge in [-0.25, -0.2) is 0 Å². The van der Waals surface area contributed by atoms with Gasteiger partial charge in [0, 0.05) is 0 Å². The molecule has 0 aromatic heterocycles. The van der Waals surface area contributed by atoms with Gasteiger partial charge in [-0.3, -0.25) is 0 Å². The Labute approximate surface area is 99.6 Å². The van der Waals surface area contributed by atoms with E-state index >= 15 is 0 Å². The number of hydrogen-bond acceptors (Lipinski definition) is 1. The topological polar surface area (TPSA) is 17.1 Å². The second-order valence-electron chi connectivity index (χ2n) is 6.67. The normalized spacial score (nSPS) is 19.1. The third-order valence-corrected chi connectivity index (χ3v) is 3.21. The van der Waals surface area contributed by atoms with E-state index in [1.807, 2.05) is 0 Å². The molecule has 16 heavy (non-hydrogen) atoms. The highest BCUT2D eigenvalue weighted by Crippen LogP contribution is 2.43. The molecule has 0 fully saturated rings. The van der Waals surface area contributed by atoms with Crippen molar-refractivity contribution in [2.45, 2.75) is 48.0 Å². The maximum absolute atomic E-state index is 11.4. The summed E-state index contributed by atoms with van der Waals surface area (Å²) in [5.41, 5.74) is 2.71. The molecule has 0 spiro atoms. The molecule has 90 valence electrons. The minimum absolute atomic E-state index is 0.0197. The van der Waals surface area contributed by atoms with Crippen LogP contribution in [0.2, 0.25) is 0 Å². The maximum Gasteiger partial charge on any atom is 0.131 e. The summed E-state index contributed by atoms with van der Waals surface area (Å²) in [6.07, 6.45) is 6.50. The molecule has 0 atom stereocenters. The van der Waals surface area contributed by atoms with Gasteiger partial charge in [0.1, 0.15) is 6.29 Å². The standard InChI is InChI=1S/C15H24O/c1-14(2,3)12-8-7-9-13(11(12)10-16)15(4,5)6/h8-11H,7H2,1-6H3. The van der Waals surface area contributed by atoms with Crippen molar-refractivity contribution in [1.29, 1.82) is 0 Å². The van der Waals surface area contributed by atoms with E-state index in [-0.39, 0.29) is 16.7 Å². The number of rotatable bonds is 1. The van der Waals surface area contributed by atoms with Gasteiger partial charge in [0.15, 0.2) is 0 Å². The number of allylic oxidation sites excluding steroid dienone is 4. The summed E-state index contributed by atoms with van der Waals surface area (Å²) in [6.45, 7) is 13.1. The third kappa shape index (κ3) is 2.63. The third-order valence-electron chi connectivity index (χ3n) is 3.21. The zero-order chi connectivity index (χ0) is 12.6. The molecule has 0 saturated heterocycles. The van der Waals surface area contributed by atoms with Crippen molar-refractivity contribution >= 4 is 6.29 Å². The van der Waals surface area contributed by atoms with Gasteiger partial charge in [-0.05, 0) is 17.3 Å². The van der Waals surface area contributed by atoms with Crippen LogP contribution in [0.4, 0.5) is 0 Å². The fourth-order valence-corrected chi connectivity index (χ4v) is 2.43. The van der Waals surface area contributed by atoms with Crippen molar-refractivity contribution in [2.75, 3.05) is 0 Å². The molecule has 0 radical (unpaired) electrons. The quantitative estimate of drug-likeness (QED) is 0.479. The predicted molar refractivity (Wildman–Crippen MR) is 69.2 cm³/mol. The second-order valence-corrected chi connectivity index (χ2v) is 6.67. The smallest absolute Gasteiger partial charge is 0.131 e. The van der Waals surface area contributed by atoms with Crippen LogP contribution in [0.5, 0.6) is 0 Å². The first-order valence-corrected chi connectivity index (χ1v) is 6.04. The molecule has 1 heteroatoms. The number of carbonyl (C=O) groups excluding carboxylic acids is 1. The van der Waals surface area contributed by atoms with Gasteiger partial charge in [-0.15, -0.1) is 0 Å². The van der Waals surface area contributed by atoms with Crippen LogP contribution in [-0.4, -0.2) is 6.29 Å². The molecular formula is C15H24O. The fraction of sp³-hybridized carbons (Fsp3) is 0.667. The van der Waals surface area contributed by atoms with E-state index in [4.69, 9.17) is 0 Å². The summed E-state index contributed by atoms with van der Waals surface area (Å²) in [6, 6.07) is 0. The lowest BCUT2D eigenvalue weighted by atomic mass is 9.67. The van der Waals surface area contributed by atoms with Crippen LogP contribution in [0.25, 0.3) is 0 Å². The molecule has 1 nitrogen and oxygen atoms in total. The molecule has 1 aliphatic carbocycles. The molecule has 1 rings (SSSR count). The Morgan fingerprint density at radius 3 is 1.62 bits per heavy atom. The van der Waals surface area contributed by atoms with Crippen molar-refractivity contribution in [1.82, 2.24) is 0 Å². The summed E-state index contributed by atoms with van der Waals surface area (Å²) in [7, 11) is 0. The Morgan fingerprint density at radius 2 is 1.38 bits per heavy atom. The van der Waals surface area contributed by atoms with Crippen LogP contribution >= 0.6 is 0 Å². The van der Waals surface area contributed by atoms with Crippen LogP contribution in [0, 0.1) is 16.7 Å². The summed E-state index contributed by atoms with van der Waals surface area (Å²) in [4.78, 5) is 11.4. The molecule has 0 aromatic rings. The summed E-state index contributed by atoms with van der Waals surface area (Å²) >= 11 is 0. The number of aldehydes is 1. The van der Waals surface area contributed by atoms with Crippen LogP contribution in [0.1, 0.15) is 48.0 Å². The van der Waals surface area contributed by atoms with Crippen molar-refractivity contribution in [3.05, 3.63) is 23.3 Å². The van der Waals surface area contributed by atoms with E-state index in [0.29, 0.717) is 0 Å². The molecule has 0 heterocycles. The molecule has 1 aliphatic rings. The SMILES string of the molecule is CC(C)(C)C1=CCC=C(C(C)(C)C)C1C=O. The number of hydrogen-bond donors (Lipinski definition) is 0. The molecular weight excluding hydrogens is 196 g/mol. The first-order valence-electron chi connectivity index (χ1n) is 6.04. The lowest BCUT2D eigenvalue weighted by Crippen LogP contribution is -2.28. The number of carbonyl (C=O) groups is 1. The Balaban J connectivity index is 3.12. The molecule has 0 unspecified atom stereocenters. The molecule has 0 N–H and O–H groups in total. The van der Waals surface area contributed by atoms with Crippen LogP contribution < -0.4 is 0 Å². The summed E-state index contributed by atoms with van der Waals surface area (Å²) < 4.78 is 0. The Kier molecular flexibility index (Phi) is 3.47. The van der Waals surface area contributed by atoms with Crippen LogP contribution in [0.15, 0.2) is 23.3 Å². The highest BCUT2D eigenvalue weighted by Gasteiger charge is 2.33. The van der Waals surface area contributed by atoms with Crippen LogP contribution in [-0.2, 0) is 4.79 Å². The first-order chi connectivity index (χ1) is 7.18. The first kappa shape index (κ1) is 13.2. The largest absolute Gasteiger partial charge is 0.302 e. The van der Waals surface area contributed by atoms with Crippen molar-refractivity contribution in [2.24, 2.45) is 16.7 Å². The van der Waals surface area contributed by atoms with E-state index < -0.39 is 0 Å². The van der Waals surface area contributed by atoms with Gasteiger partial charge >= 0.3 is 0 Å². The average Bonchev–Trinajstić information content (AvgIpc) is 2.13. The van der Waals surface area contributed by atoms with Gasteiger partial charge in [0.05, 0.1) is 5.92 Å².